The number of hydrogen-bond acceptors (Lipinski definition) is 3. The summed E-state index contributed by atoms with van der Waals surface area (Å²) in [5.41, 5.74) is 5.29. The lowest BCUT2D eigenvalue weighted by Crippen LogP contribution is -2.49. The molecule has 0 heterocycles. The number of hydrogen-bond donors (Lipinski definition) is 2. The smallest absolute Gasteiger partial charge is 0.224 e. The molecule has 2 atom stereocenters. The summed E-state index contributed by atoms with van der Waals surface area (Å²) < 4.78 is 19.1. The molecule has 3 N–H and O–H groups in total. The Hall–Kier alpha value is -1.33. The average Bonchev–Trinajstić information content (AvgIpc) is 2.42. The van der Waals surface area contributed by atoms with E-state index in [9.17, 15) is 9.18 Å². The van der Waals surface area contributed by atoms with Gasteiger partial charge in [0.25, 0.3) is 0 Å². The Morgan fingerprint density at radius 2 is 1.95 bits per heavy atom. The molecule has 0 fully saturated rings. The van der Waals surface area contributed by atoms with E-state index in [2.05, 4.69) is 5.32 Å². The van der Waals surface area contributed by atoms with E-state index in [1.54, 1.807) is 25.1 Å². The van der Waals surface area contributed by atoms with Crippen LogP contribution in [0.2, 0.25) is 0 Å². The second kappa shape index (κ2) is 8.96. The largest absolute Gasteiger partial charge is 0.488 e. The number of ether oxygens (including phenoxy) is 1. The van der Waals surface area contributed by atoms with E-state index < -0.39 is 5.82 Å². The van der Waals surface area contributed by atoms with Gasteiger partial charge in [-0.2, -0.15) is 0 Å². The van der Waals surface area contributed by atoms with Gasteiger partial charge < -0.3 is 15.8 Å². The number of rotatable bonds is 6. The van der Waals surface area contributed by atoms with Crippen LogP contribution in [-0.2, 0) is 4.79 Å². The van der Waals surface area contributed by atoms with Gasteiger partial charge in [-0.05, 0) is 17.5 Å². The lowest BCUT2D eigenvalue weighted by atomic mass is 9.87. The maximum Gasteiger partial charge on any atom is 0.224 e. The molecule has 6 heteroatoms. The van der Waals surface area contributed by atoms with Gasteiger partial charge in [-0.15, -0.1) is 12.4 Å². The first-order valence-electron chi connectivity index (χ1n) is 7.13. The molecule has 1 aromatic rings. The summed E-state index contributed by atoms with van der Waals surface area (Å²) in [7, 11) is 0. The third kappa shape index (κ3) is 6.20. The lowest BCUT2D eigenvalue weighted by Gasteiger charge is -2.32. The number of nitrogens with two attached hydrogens (primary N) is 1. The van der Waals surface area contributed by atoms with Crippen LogP contribution in [0.3, 0.4) is 0 Å². The second-order valence-electron chi connectivity index (χ2n) is 6.31. The van der Waals surface area contributed by atoms with Crippen molar-refractivity contribution >= 4 is 18.3 Å². The van der Waals surface area contributed by atoms with Crippen LogP contribution >= 0.6 is 12.4 Å². The standard InChI is InChI=1S/C16H25FN2O2.ClH/c1-11(9-18)15(20)19-14(16(2,3)4)10-21-13-8-6-5-7-12(13)17;/h5-8,11,14H,9-10,18H2,1-4H3,(H,19,20);1H. The van der Waals surface area contributed by atoms with Gasteiger partial charge in [0.05, 0.1) is 6.04 Å². The van der Waals surface area contributed by atoms with Gasteiger partial charge in [0.15, 0.2) is 11.6 Å². The van der Waals surface area contributed by atoms with Crippen LogP contribution in [0.5, 0.6) is 5.75 Å². The molecule has 22 heavy (non-hydrogen) atoms. The quantitative estimate of drug-likeness (QED) is 0.842. The third-order valence-corrected chi connectivity index (χ3v) is 3.41. The topological polar surface area (TPSA) is 64.4 Å². The molecule has 0 aromatic heterocycles. The Balaban J connectivity index is 0.00000441. The molecule has 0 spiro atoms. The van der Waals surface area contributed by atoms with Crippen molar-refractivity contribution in [1.82, 2.24) is 5.32 Å². The maximum absolute atomic E-state index is 13.6. The Bertz CT molecular complexity index is 477. The lowest BCUT2D eigenvalue weighted by molar-refractivity contribution is -0.126. The van der Waals surface area contributed by atoms with Gasteiger partial charge >= 0.3 is 0 Å². The monoisotopic (exact) mass is 332 g/mol. The molecular formula is C16H26ClFN2O2. The molecule has 0 radical (unpaired) electrons. The first-order valence-corrected chi connectivity index (χ1v) is 7.13. The molecule has 2 unspecified atom stereocenters. The SMILES string of the molecule is CC(CN)C(=O)NC(COc1ccccc1F)C(C)(C)C.Cl. The minimum Gasteiger partial charge on any atom is -0.488 e. The molecule has 4 nitrogen and oxygen atoms in total. The van der Waals surface area contributed by atoms with Crippen molar-refractivity contribution in [2.24, 2.45) is 17.1 Å². The molecule has 1 aromatic carbocycles. The third-order valence-electron chi connectivity index (χ3n) is 3.41. The Morgan fingerprint density at radius 1 is 1.36 bits per heavy atom. The van der Waals surface area contributed by atoms with Gasteiger partial charge in [0.1, 0.15) is 6.61 Å². The normalized spacial score (nSPS) is 13.7. The number of benzene rings is 1. The highest BCUT2D eigenvalue weighted by Crippen LogP contribution is 2.22. The summed E-state index contributed by atoms with van der Waals surface area (Å²) in [4.78, 5) is 12.0. The van der Waals surface area contributed by atoms with E-state index >= 15 is 0 Å². The van der Waals surface area contributed by atoms with Crippen molar-refractivity contribution in [1.29, 1.82) is 0 Å². The maximum atomic E-state index is 13.6. The summed E-state index contributed by atoms with van der Waals surface area (Å²) in [6.45, 7) is 8.25. The zero-order valence-corrected chi connectivity index (χ0v) is 14.4. The van der Waals surface area contributed by atoms with E-state index in [1.165, 1.54) is 6.07 Å². The molecule has 0 saturated carbocycles. The van der Waals surface area contributed by atoms with Crippen molar-refractivity contribution < 1.29 is 13.9 Å². The predicted molar refractivity (Wildman–Crippen MR) is 88.7 cm³/mol. The predicted octanol–water partition coefficient (Wildman–Crippen LogP) is 2.75. The van der Waals surface area contributed by atoms with Crippen molar-refractivity contribution in [2.75, 3.05) is 13.2 Å². The molecule has 0 bridgehead atoms. The molecule has 1 amide bonds. The molecule has 0 saturated heterocycles. The fourth-order valence-corrected chi connectivity index (χ4v) is 1.66. The molecule has 0 aliphatic rings. The first kappa shape index (κ1) is 20.7. The molecule has 126 valence electrons. The van der Waals surface area contributed by atoms with Gasteiger partial charge in [-0.25, -0.2) is 4.39 Å². The second-order valence-corrected chi connectivity index (χ2v) is 6.31. The van der Waals surface area contributed by atoms with Gasteiger partial charge in [-0.3, -0.25) is 4.79 Å². The van der Waals surface area contributed by atoms with Crippen molar-refractivity contribution in [3.8, 4) is 5.75 Å². The van der Waals surface area contributed by atoms with Crippen LogP contribution < -0.4 is 15.8 Å². The Kier molecular flexibility index (Phi) is 8.41. The van der Waals surface area contributed by atoms with E-state index in [-0.39, 0.29) is 54.6 Å². The van der Waals surface area contributed by atoms with E-state index in [0.29, 0.717) is 0 Å². The molecular weight excluding hydrogens is 307 g/mol. The number of carbonyl (C=O) groups is 1. The minimum atomic E-state index is -0.410. The Labute approximate surface area is 138 Å². The van der Waals surface area contributed by atoms with Crippen LogP contribution in [0, 0.1) is 17.2 Å². The van der Waals surface area contributed by atoms with Crippen LogP contribution in [0.25, 0.3) is 0 Å². The van der Waals surface area contributed by atoms with Crippen LogP contribution in [-0.4, -0.2) is 25.1 Å². The Morgan fingerprint density at radius 3 is 2.45 bits per heavy atom. The van der Waals surface area contributed by atoms with Crippen molar-refractivity contribution in [2.45, 2.75) is 33.7 Å². The minimum absolute atomic E-state index is 0. The number of amides is 1. The number of nitrogens with one attached hydrogen (secondary N) is 1. The number of halogens is 2. The summed E-state index contributed by atoms with van der Waals surface area (Å²) in [6.07, 6.45) is 0. The average molecular weight is 333 g/mol. The summed E-state index contributed by atoms with van der Waals surface area (Å²) in [5.74, 6) is -0.599. The number of para-hydroxylation sites is 1. The zero-order chi connectivity index (χ0) is 16.0. The summed E-state index contributed by atoms with van der Waals surface area (Å²) in [6, 6.07) is 5.99. The van der Waals surface area contributed by atoms with E-state index in [4.69, 9.17) is 10.5 Å². The van der Waals surface area contributed by atoms with E-state index in [0.717, 1.165) is 0 Å². The summed E-state index contributed by atoms with van der Waals surface area (Å²) in [5, 5.41) is 2.93. The molecule has 0 aliphatic carbocycles. The highest BCUT2D eigenvalue weighted by molar-refractivity contribution is 5.85. The van der Waals surface area contributed by atoms with E-state index in [1.807, 2.05) is 20.8 Å². The van der Waals surface area contributed by atoms with Crippen molar-refractivity contribution in [3.63, 3.8) is 0 Å². The highest BCUT2D eigenvalue weighted by Gasteiger charge is 2.28. The van der Waals surface area contributed by atoms with Gasteiger partial charge in [-0.1, -0.05) is 39.8 Å². The highest BCUT2D eigenvalue weighted by atomic mass is 35.5. The fourth-order valence-electron chi connectivity index (χ4n) is 1.66. The van der Waals surface area contributed by atoms with Crippen LogP contribution in [0.1, 0.15) is 27.7 Å². The summed E-state index contributed by atoms with van der Waals surface area (Å²) >= 11 is 0. The van der Waals surface area contributed by atoms with Crippen molar-refractivity contribution in [3.05, 3.63) is 30.1 Å². The molecule has 1 rings (SSSR count). The fraction of sp³-hybridized carbons (Fsp3) is 0.562. The van der Waals surface area contributed by atoms with Crippen LogP contribution in [0.15, 0.2) is 24.3 Å². The zero-order valence-electron chi connectivity index (χ0n) is 13.6. The first-order chi connectivity index (χ1) is 9.75. The van der Waals surface area contributed by atoms with Crippen LogP contribution in [0.4, 0.5) is 4.39 Å². The van der Waals surface area contributed by atoms with Gasteiger partial charge in [0, 0.05) is 12.5 Å². The molecule has 0 aliphatic heterocycles. The number of carbonyl (C=O) groups excluding carboxylic acids is 1. The van der Waals surface area contributed by atoms with Gasteiger partial charge in [0.2, 0.25) is 5.91 Å².